The zero-order valence-corrected chi connectivity index (χ0v) is 15.3. The van der Waals surface area contributed by atoms with E-state index in [0.29, 0.717) is 18.7 Å². The van der Waals surface area contributed by atoms with Crippen molar-refractivity contribution >= 4 is 11.5 Å². The van der Waals surface area contributed by atoms with Crippen LogP contribution in [0.5, 0.6) is 6.01 Å². The molecule has 1 aromatic carbocycles. The van der Waals surface area contributed by atoms with Gasteiger partial charge in [-0.05, 0) is 24.5 Å². The molecular formula is C19H24F3N3O. The smallest absolute Gasteiger partial charge is 0.421 e. The normalized spacial score (nSPS) is 11.5. The lowest BCUT2D eigenvalue weighted by Crippen LogP contribution is -2.20. The molecule has 0 saturated heterocycles. The van der Waals surface area contributed by atoms with Gasteiger partial charge < -0.3 is 9.64 Å². The van der Waals surface area contributed by atoms with Gasteiger partial charge in [0.15, 0.2) is 5.82 Å². The minimum atomic E-state index is -4.55. The van der Waals surface area contributed by atoms with E-state index < -0.39 is 11.7 Å². The van der Waals surface area contributed by atoms with Crippen LogP contribution in [0, 0.1) is 0 Å². The summed E-state index contributed by atoms with van der Waals surface area (Å²) in [5, 5.41) is 0. The minimum absolute atomic E-state index is 0.0371. The molecule has 1 aromatic heterocycles. The lowest BCUT2D eigenvalue weighted by molar-refractivity contribution is -0.137. The molecule has 142 valence electrons. The number of unbranched alkanes of at least 4 members (excludes halogenated alkanes) is 2. The lowest BCUT2D eigenvalue weighted by Gasteiger charge is -2.24. The number of aryl methyl sites for hydroxylation is 1. The largest absolute Gasteiger partial charge is 0.463 e. The summed E-state index contributed by atoms with van der Waals surface area (Å²) >= 11 is 0. The maximum Gasteiger partial charge on any atom is 0.421 e. The second kappa shape index (κ2) is 8.87. The monoisotopic (exact) mass is 367 g/mol. The Morgan fingerprint density at radius 1 is 1.12 bits per heavy atom. The highest BCUT2D eigenvalue weighted by atomic mass is 19.4. The molecule has 1 heterocycles. The molecular weight excluding hydrogens is 343 g/mol. The van der Waals surface area contributed by atoms with Crippen molar-refractivity contribution in [1.82, 2.24) is 9.97 Å². The van der Waals surface area contributed by atoms with Gasteiger partial charge in [0.1, 0.15) is 5.56 Å². The van der Waals surface area contributed by atoms with Gasteiger partial charge in [-0.15, -0.1) is 0 Å². The van der Waals surface area contributed by atoms with Gasteiger partial charge in [-0.1, -0.05) is 44.9 Å². The van der Waals surface area contributed by atoms with Gasteiger partial charge in [0.2, 0.25) is 0 Å². The molecule has 0 aliphatic heterocycles. The summed E-state index contributed by atoms with van der Waals surface area (Å²) in [5.41, 5.74) is 0.732. The van der Waals surface area contributed by atoms with Crippen LogP contribution in [0.15, 0.2) is 30.5 Å². The summed E-state index contributed by atoms with van der Waals surface area (Å²) in [7, 11) is 1.58. The van der Waals surface area contributed by atoms with Crippen LogP contribution in [0.3, 0.4) is 0 Å². The maximum atomic E-state index is 13.4. The van der Waals surface area contributed by atoms with E-state index in [0.717, 1.165) is 31.0 Å². The van der Waals surface area contributed by atoms with Crippen molar-refractivity contribution in [2.75, 3.05) is 18.6 Å². The van der Waals surface area contributed by atoms with Crippen molar-refractivity contribution in [3.63, 3.8) is 0 Å². The van der Waals surface area contributed by atoms with Gasteiger partial charge in [-0.25, -0.2) is 4.98 Å². The van der Waals surface area contributed by atoms with E-state index in [1.54, 1.807) is 19.2 Å². The van der Waals surface area contributed by atoms with Crippen LogP contribution in [-0.2, 0) is 12.6 Å². The Kier molecular flexibility index (Phi) is 6.83. The van der Waals surface area contributed by atoms with Gasteiger partial charge >= 0.3 is 12.2 Å². The number of anilines is 2. The fourth-order valence-electron chi connectivity index (χ4n) is 2.65. The van der Waals surface area contributed by atoms with Crippen molar-refractivity contribution in [1.29, 1.82) is 0 Å². The highest BCUT2D eigenvalue weighted by Crippen LogP contribution is 2.38. The second-order valence-electron chi connectivity index (χ2n) is 5.98. The van der Waals surface area contributed by atoms with E-state index in [-0.39, 0.29) is 11.8 Å². The molecule has 0 atom stereocenters. The number of aromatic nitrogens is 2. The number of alkyl halides is 3. The maximum absolute atomic E-state index is 13.4. The molecule has 7 heteroatoms. The molecule has 4 nitrogen and oxygen atoms in total. The Bertz CT molecular complexity index is 719. The first-order valence-electron chi connectivity index (χ1n) is 8.77. The van der Waals surface area contributed by atoms with Crippen LogP contribution in [0.25, 0.3) is 0 Å². The van der Waals surface area contributed by atoms with Crippen LogP contribution >= 0.6 is 0 Å². The molecule has 0 aliphatic rings. The predicted octanol–water partition coefficient (Wildman–Crippen LogP) is 5.39. The highest BCUT2D eigenvalue weighted by molar-refractivity contribution is 5.66. The first-order valence-corrected chi connectivity index (χ1v) is 8.77. The standard InChI is InChI=1S/C19H24F3N3O/c1-4-6-9-12-26-18-23-13-15(19(20,21)22)17(24-18)25(3)16-11-8-7-10-14(16)5-2/h7-8,10-11,13H,4-6,9,12H2,1-3H3. The average molecular weight is 367 g/mol. The van der Waals surface area contributed by atoms with Gasteiger partial charge in [-0.2, -0.15) is 18.2 Å². The SMILES string of the molecule is CCCCCOc1ncc(C(F)(F)F)c(N(C)c2ccccc2CC)n1. The van der Waals surface area contributed by atoms with E-state index in [9.17, 15) is 13.2 Å². The molecule has 0 radical (unpaired) electrons. The van der Waals surface area contributed by atoms with Gasteiger partial charge in [0, 0.05) is 18.9 Å². The molecule has 0 fully saturated rings. The Labute approximate surface area is 152 Å². The Morgan fingerprint density at radius 3 is 2.50 bits per heavy atom. The Hall–Kier alpha value is -2.31. The summed E-state index contributed by atoms with van der Waals surface area (Å²) in [6.45, 7) is 4.40. The number of para-hydroxylation sites is 1. The van der Waals surface area contributed by atoms with E-state index in [2.05, 4.69) is 16.9 Å². The first-order chi connectivity index (χ1) is 12.4. The zero-order chi connectivity index (χ0) is 19.2. The molecule has 0 saturated carbocycles. The fourth-order valence-corrected chi connectivity index (χ4v) is 2.65. The first kappa shape index (κ1) is 20.0. The molecule has 0 bridgehead atoms. The summed E-state index contributed by atoms with van der Waals surface area (Å²) in [6.07, 6.45) is -0.234. The summed E-state index contributed by atoms with van der Waals surface area (Å²) in [5.74, 6) is -0.209. The van der Waals surface area contributed by atoms with E-state index in [1.165, 1.54) is 4.90 Å². The number of halogens is 3. The molecule has 0 N–H and O–H groups in total. The Morgan fingerprint density at radius 2 is 1.85 bits per heavy atom. The summed E-state index contributed by atoms with van der Waals surface area (Å²) in [6, 6.07) is 7.29. The molecule has 0 aliphatic carbocycles. The van der Waals surface area contributed by atoms with Crippen molar-refractivity contribution in [2.24, 2.45) is 0 Å². The van der Waals surface area contributed by atoms with Crippen LogP contribution in [0.1, 0.15) is 44.2 Å². The number of nitrogens with zero attached hydrogens (tertiary/aromatic N) is 3. The number of ether oxygens (including phenoxy) is 1. The number of hydrogen-bond acceptors (Lipinski definition) is 4. The van der Waals surface area contributed by atoms with Crippen molar-refractivity contribution in [3.05, 3.63) is 41.6 Å². The second-order valence-corrected chi connectivity index (χ2v) is 5.98. The van der Waals surface area contributed by atoms with Crippen LogP contribution in [0.2, 0.25) is 0 Å². The molecule has 2 rings (SSSR count). The van der Waals surface area contributed by atoms with Crippen molar-refractivity contribution in [2.45, 2.75) is 45.7 Å². The average Bonchev–Trinajstić information content (AvgIpc) is 2.63. The number of hydrogen-bond donors (Lipinski definition) is 0. The van der Waals surface area contributed by atoms with Crippen LogP contribution in [-0.4, -0.2) is 23.6 Å². The Balaban J connectivity index is 2.39. The van der Waals surface area contributed by atoms with Gasteiger partial charge in [0.05, 0.1) is 6.61 Å². The third-order valence-electron chi connectivity index (χ3n) is 4.08. The van der Waals surface area contributed by atoms with Crippen LogP contribution < -0.4 is 9.64 Å². The predicted molar refractivity (Wildman–Crippen MR) is 95.9 cm³/mol. The molecule has 26 heavy (non-hydrogen) atoms. The lowest BCUT2D eigenvalue weighted by atomic mass is 10.1. The summed E-state index contributed by atoms with van der Waals surface area (Å²) < 4.78 is 45.8. The topological polar surface area (TPSA) is 38.2 Å². The van der Waals surface area contributed by atoms with Gasteiger partial charge in [0.25, 0.3) is 0 Å². The van der Waals surface area contributed by atoms with E-state index >= 15 is 0 Å². The quantitative estimate of drug-likeness (QED) is 0.586. The molecule has 0 spiro atoms. The molecule has 0 unspecified atom stereocenters. The van der Waals surface area contributed by atoms with Crippen LogP contribution in [0.4, 0.5) is 24.7 Å². The highest BCUT2D eigenvalue weighted by Gasteiger charge is 2.37. The molecule has 0 amide bonds. The van der Waals surface area contributed by atoms with Crippen molar-refractivity contribution in [3.8, 4) is 6.01 Å². The molecule has 2 aromatic rings. The van der Waals surface area contributed by atoms with E-state index in [1.807, 2.05) is 19.1 Å². The van der Waals surface area contributed by atoms with E-state index in [4.69, 9.17) is 4.74 Å². The number of rotatable bonds is 8. The zero-order valence-electron chi connectivity index (χ0n) is 15.3. The van der Waals surface area contributed by atoms with Gasteiger partial charge in [-0.3, -0.25) is 0 Å². The number of benzene rings is 1. The fraction of sp³-hybridized carbons (Fsp3) is 0.474. The third-order valence-corrected chi connectivity index (χ3v) is 4.08. The minimum Gasteiger partial charge on any atom is -0.463 e. The summed E-state index contributed by atoms with van der Waals surface area (Å²) in [4.78, 5) is 9.25. The van der Waals surface area contributed by atoms with Crippen molar-refractivity contribution < 1.29 is 17.9 Å². The third kappa shape index (κ3) is 4.86.